The molecular formula is C15H12N6. The molecular weight excluding hydrogens is 264 g/mol. The maximum atomic E-state index is 4.43. The van der Waals surface area contributed by atoms with Gasteiger partial charge in [-0.05, 0) is 11.6 Å². The molecule has 0 saturated heterocycles. The summed E-state index contributed by atoms with van der Waals surface area (Å²) in [7, 11) is 0. The molecule has 0 fully saturated rings. The summed E-state index contributed by atoms with van der Waals surface area (Å²) < 4.78 is 3.76. The molecule has 0 aliphatic carbocycles. The van der Waals surface area contributed by atoms with Gasteiger partial charge >= 0.3 is 0 Å². The van der Waals surface area contributed by atoms with E-state index in [1.807, 2.05) is 52.1 Å². The molecule has 4 aromatic rings. The van der Waals surface area contributed by atoms with Crippen LogP contribution in [0.1, 0.15) is 5.56 Å². The molecule has 0 radical (unpaired) electrons. The monoisotopic (exact) mass is 276 g/mol. The molecule has 4 aromatic heterocycles. The lowest BCUT2D eigenvalue weighted by Gasteiger charge is -2.00. The van der Waals surface area contributed by atoms with Crippen molar-refractivity contribution in [1.82, 2.24) is 29.1 Å². The Kier molecular flexibility index (Phi) is 2.71. The first kappa shape index (κ1) is 11.8. The quantitative estimate of drug-likeness (QED) is 0.574. The maximum absolute atomic E-state index is 4.43. The third-order valence-electron chi connectivity index (χ3n) is 3.28. The smallest absolute Gasteiger partial charge is 0.140 e. The van der Waals surface area contributed by atoms with Crippen LogP contribution in [0.4, 0.5) is 0 Å². The molecule has 0 aliphatic heterocycles. The molecule has 4 heterocycles. The molecule has 0 saturated carbocycles. The molecule has 6 nitrogen and oxygen atoms in total. The first-order valence-corrected chi connectivity index (χ1v) is 6.59. The minimum Gasteiger partial charge on any atom is -0.290 e. The molecule has 0 unspecified atom stereocenters. The van der Waals surface area contributed by atoms with Crippen LogP contribution in [0.5, 0.6) is 0 Å². The van der Waals surface area contributed by atoms with Crippen molar-refractivity contribution >= 4 is 5.65 Å². The highest BCUT2D eigenvalue weighted by molar-refractivity contribution is 5.61. The van der Waals surface area contributed by atoms with Gasteiger partial charge in [0.25, 0.3) is 0 Å². The van der Waals surface area contributed by atoms with Crippen molar-refractivity contribution in [2.75, 3.05) is 0 Å². The predicted octanol–water partition coefficient (Wildman–Crippen LogP) is 2.04. The summed E-state index contributed by atoms with van der Waals surface area (Å²) in [6.45, 7) is 0.694. The molecule has 6 heteroatoms. The third-order valence-corrected chi connectivity index (χ3v) is 3.28. The SMILES string of the molecule is c1cncc(Cn2cc(-c3cc4nccn4cn3)cn2)c1. The fourth-order valence-electron chi connectivity index (χ4n) is 2.24. The normalized spacial score (nSPS) is 11.0. The number of nitrogens with zero attached hydrogens (tertiary/aromatic N) is 6. The number of rotatable bonds is 3. The van der Waals surface area contributed by atoms with Gasteiger partial charge in [0.1, 0.15) is 12.0 Å². The number of hydrogen-bond acceptors (Lipinski definition) is 4. The first-order valence-electron chi connectivity index (χ1n) is 6.59. The average molecular weight is 276 g/mol. The van der Waals surface area contributed by atoms with Crippen molar-refractivity contribution in [1.29, 1.82) is 0 Å². The van der Waals surface area contributed by atoms with E-state index >= 15 is 0 Å². The number of aromatic nitrogens is 6. The largest absolute Gasteiger partial charge is 0.290 e. The summed E-state index contributed by atoms with van der Waals surface area (Å²) >= 11 is 0. The van der Waals surface area contributed by atoms with Gasteiger partial charge in [-0.2, -0.15) is 5.10 Å². The molecule has 4 rings (SSSR count). The highest BCUT2D eigenvalue weighted by atomic mass is 15.3. The van der Waals surface area contributed by atoms with Crippen molar-refractivity contribution in [3.05, 3.63) is 67.3 Å². The van der Waals surface area contributed by atoms with Crippen molar-refractivity contribution in [3.63, 3.8) is 0 Å². The number of fused-ring (bicyclic) bond motifs is 1. The number of hydrogen-bond donors (Lipinski definition) is 0. The van der Waals surface area contributed by atoms with E-state index in [0.29, 0.717) is 6.54 Å². The van der Waals surface area contributed by atoms with Crippen LogP contribution >= 0.6 is 0 Å². The second-order valence-electron chi connectivity index (χ2n) is 4.75. The van der Waals surface area contributed by atoms with Gasteiger partial charge in [0.05, 0.1) is 18.4 Å². The van der Waals surface area contributed by atoms with Gasteiger partial charge in [-0.1, -0.05) is 6.07 Å². The van der Waals surface area contributed by atoms with Crippen LogP contribution in [-0.4, -0.2) is 29.1 Å². The van der Waals surface area contributed by atoms with E-state index in [-0.39, 0.29) is 0 Å². The molecule has 0 N–H and O–H groups in total. The molecule has 0 aromatic carbocycles. The molecule has 0 bridgehead atoms. The number of pyridine rings is 1. The second-order valence-corrected chi connectivity index (χ2v) is 4.75. The van der Waals surface area contributed by atoms with Gasteiger partial charge < -0.3 is 0 Å². The van der Waals surface area contributed by atoms with E-state index in [1.54, 1.807) is 18.7 Å². The lowest BCUT2D eigenvalue weighted by atomic mass is 10.2. The minimum atomic E-state index is 0.694. The zero-order chi connectivity index (χ0) is 14.1. The Morgan fingerprint density at radius 2 is 2.10 bits per heavy atom. The summed E-state index contributed by atoms with van der Waals surface area (Å²) in [5.74, 6) is 0. The standard InChI is InChI=1S/C15H12N6/c1-2-12(7-16-3-1)9-21-10-13(8-19-21)14-6-15-17-4-5-20(15)11-18-14/h1-8,10-11H,9H2. The highest BCUT2D eigenvalue weighted by Gasteiger charge is 2.05. The first-order chi connectivity index (χ1) is 10.4. The van der Waals surface area contributed by atoms with E-state index in [4.69, 9.17) is 0 Å². The Morgan fingerprint density at radius 1 is 1.10 bits per heavy atom. The molecule has 0 atom stereocenters. The molecule has 0 spiro atoms. The fourth-order valence-corrected chi connectivity index (χ4v) is 2.24. The van der Waals surface area contributed by atoms with Crippen LogP contribution in [0.25, 0.3) is 16.9 Å². The Bertz CT molecular complexity index is 877. The van der Waals surface area contributed by atoms with E-state index in [0.717, 1.165) is 22.5 Å². The Labute approximate surface area is 120 Å². The van der Waals surface area contributed by atoms with Crippen molar-refractivity contribution in [3.8, 4) is 11.3 Å². The number of imidazole rings is 1. The van der Waals surface area contributed by atoms with Crippen LogP contribution in [-0.2, 0) is 6.54 Å². The van der Waals surface area contributed by atoms with E-state index in [9.17, 15) is 0 Å². The van der Waals surface area contributed by atoms with Crippen LogP contribution in [0, 0.1) is 0 Å². The average Bonchev–Trinajstić information content (AvgIpc) is 3.16. The molecule has 21 heavy (non-hydrogen) atoms. The zero-order valence-electron chi connectivity index (χ0n) is 11.2. The van der Waals surface area contributed by atoms with Gasteiger partial charge in [0, 0.05) is 42.6 Å². The van der Waals surface area contributed by atoms with E-state index in [2.05, 4.69) is 20.1 Å². The lowest BCUT2D eigenvalue weighted by Crippen LogP contribution is -1.99. The van der Waals surface area contributed by atoms with E-state index < -0.39 is 0 Å². The summed E-state index contributed by atoms with van der Waals surface area (Å²) in [5, 5.41) is 4.38. The predicted molar refractivity (Wildman–Crippen MR) is 77.5 cm³/mol. The van der Waals surface area contributed by atoms with Crippen LogP contribution in [0.3, 0.4) is 0 Å². The Morgan fingerprint density at radius 3 is 3.00 bits per heavy atom. The minimum absolute atomic E-state index is 0.694. The molecule has 0 aliphatic rings. The van der Waals surface area contributed by atoms with Crippen molar-refractivity contribution in [2.24, 2.45) is 0 Å². The third kappa shape index (κ3) is 2.27. The summed E-state index contributed by atoms with van der Waals surface area (Å²) in [5.41, 5.74) is 3.83. The van der Waals surface area contributed by atoms with Gasteiger partial charge in [-0.25, -0.2) is 9.97 Å². The molecule has 102 valence electrons. The maximum Gasteiger partial charge on any atom is 0.140 e. The fraction of sp³-hybridized carbons (Fsp3) is 0.0667. The van der Waals surface area contributed by atoms with E-state index in [1.165, 1.54) is 0 Å². The summed E-state index contributed by atoms with van der Waals surface area (Å²) in [4.78, 5) is 12.8. The Balaban J connectivity index is 1.64. The van der Waals surface area contributed by atoms with Crippen LogP contribution in [0.15, 0.2) is 61.7 Å². The van der Waals surface area contributed by atoms with Crippen LogP contribution in [0.2, 0.25) is 0 Å². The summed E-state index contributed by atoms with van der Waals surface area (Å²) in [6, 6.07) is 5.90. The Hall–Kier alpha value is -3.02. The van der Waals surface area contributed by atoms with Gasteiger partial charge in [-0.15, -0.1) is 0 Å². The topological polar surface area (TPSA) is 60.9 Å². The second kappa shape index (κ2) is 4.82. The van der Waals surface area contributed by atoms with Crippen LogP contribution < -0.4 is 0 Å². The van der Waals surface area contributed by atoms with Gasteiger partial charge in [0.2, 0.25) is 0 Å². The lowest BCUT2D eigenvalue weighted by molar-refractivity contribution is 0.685. The van der Waals surface area contributed by atoms with Crippen molar-refractivity contribution < 1.29 is 0 Å². The summed E-state index contributed by atoms with van der Waals surface area (Å²) in [6.07, 6.45) is 12.8. The van der Waals surface area contributed by atoms with Gasteiger partial charge in [-0.3, -0.25) is 14.1 Å². The van der Waals surface area contributed by atoms with Gasteiger partial charge in [0.15, 0.2) is 0 Å². The van der Waals surface area contributed by atoms with Crippen molar-refractivity contribution in [2.45, 2.75) is 6.54 Å². The zero-order valence-corrected chi connectivity index (χ0v) is 11.2. The molecule has 0 amide bonds. The highest BCUT2D eigenvalue weighted by Crippen LogP contribution is 2.17.